The number of nitrogens with one attached hydrogen (secondary N) is 1. The summed E-state index contributed by atoms with van der Waals surface area (Å²) >= 11 is 17.6. The zero-order valence-corrected chi connectivity index (χ0v) is 17.6. The van der Waals surface area contributed by atoms with Gasteiger partial charge in [0.1, 0.15) is 0 Å². The third-order valence-electron chi connectivity index (χ3n) is 4.06. The fourth-order valence-electron chi connectivity index (χ4n) is 2.52. The fourth-order valence-corrected chi connectivity index (χ4v) is 2.95. The van der Waals surface area contributed by atoms with Crippen LogP contribution in [0.25, 0.3) is 0 Å². The number of amides is 1. The highest BCUT2D eigenvalue weighted by atomic mass is 35.5. The summed E-state index contributed by atoms with van der Waals surface area (Å²) in [5, 5.41) is 3.92. The van der Waals surface area contributed by atoms with Gasteiger partial charge in [0.15, 0.2) is 12.4 Å². The molecule has 0 bridgehead atoms. The molecule has 152 valence electrons. The normalized spacial score (nSPS) is 10.4. The van der Waals surface area contributed by atoms with Gasteiger partial charge in [-0.05, 0) is 66.7 Å². The fraction of sp³-hybridized carbons (Fsp3) is 0.0455. The number of hydrogen-bond donors (Lipinski definition) is 1. The second-order valence-corrected chi connectivity index (χ2v) is 7.47. The Morgan fingerprint density at radius 3 is 1.87 bits per heavy atom. The van der Waals surface area contributed by atoms with Crippen molar-refractivity contribution in [2.45, 2.75) is 0 Å². The topological polar surface area (TPSA) is 72.5 Å². The van der Waals surface area contributed by atoms with Crippen LogP contribution >= 0.6 is 34.8 Å². The summed E-state index contributed by atoms with van der Waals surface area (Å²) in [4.78, 5) is 37.2. The molecule has 1 N–H and O–H groups in total. The highest BCUT2D eigenvalue weighted by Gasteiger charge is 2.18. The minimum atomic E-state index is -0.777. The predicted octanol–water partition coefficient (Wildman–Crippen LogP) is 5.94. The molecule has 3 aromatic rings. The number of halogens is 3. The van der Waals surface area contributed by atoms with E-state index < -0.39 is 18.5 Å². The van der Waals surface area contributed by atoms with E-state index in [4.69, 9.17) is 39.5 Å². The van der Waals surface area contributed by atoms with Gasteiger partial charge in [0.05, 0.1) is 11.3 Å². The zero-order chi connectivity index (χ0) is 21.7. The molecule has 0 radical (unpaired) electrons. The van der Waals surface area contributed by atoms with E-state index in [1.807, 2.05) is 0 Å². The van der Waals surface area contributed by atoms with Crippen molar-refractivity contribution in [2.24, 2.45) is 0 Å². The number of hydrogen-bond acceptors (Lipinski definition) is 4. The average molecular weight is 463 g/mol. The predicted molar refractivity (Wildman–Crippen MR) is 117 cm³/mol. The molecule has 1 amide bonds. The van der Waals surface area contributed by atoms with Gasteiger partial charge in [-0.15, -0.1) is 0 Å². The molecule has 0 saturated heterocycles. The van der Waals surface area contributed by atoms with Crippen molar-refractivity contribution >= 4 is 58.1 Å². The van der Waals surface area contributed by atoms with E-state index in [0.717, 1.165) is 0 Å². The Morgan fingerprint density at radius 1 is 0.733 bits per heavy atom. The quantitative estimate of drug-likeness (QED) is 0.363. The molecule has 0 aliphatic heterocycles. The molecule has 0 saturated carbocycles. The number of ether oxygens (including phenoxy) is 1. The zero-order valence-electron chi connectivity index (χ0n) is 15.3. The lowest BCUT2D eigenvalue weighted by Crippen LogP contribution is -2.18. The molecule has 0 fully saturated rings. The molecule has 5 nitrogen and oxygen atoms in total. The lowest BCUT2D eigenvalue weighted by molar-refractivity contribution is 0.0475. The molecule has 0 aromatic heterocycles. The Balaban J connectivity index is 1.72. The molecule has 30 heavy (non-hydrogen) atoms. The van der Waals surface area contributed by atoms with Crippen LogP contribution in [0.3, 0.4) is 0 Å². The van der Waals surface area contributed by atoms with Crippen LogP contribution in [0.4, 0.5) is 5.69 Å². The van der Waals surface area contributed by atoms with Crippen molar-refractivity contribution in [2.75, 3.05) is 11.9 Å². The van der Waals surface area contributed by atoms with Gasteiger partial charge < -0.3 is 10.1 Å². The third kappa shape index (κ3) is 5.60. The maximum Gasteiger partial charge on any atom is 0.340 e. The maximum absolute atomic E-state index is 12.5. The highest BCUT2D eigenvalue weighted by Crippen LogP contribution is 2.23. The lowest BCUT2D eigenvalue weighted by atomic mass is 10.1. The molecule has 3 rings (SSSR count). The molecular formula is C22H14Cl3NO4. The van der Waals surface area contributed by atoms with Crippen molar-refractivity contribution in [3.05, 3.63) is 98.5 Å². The monoisotopic (exact) mass is 461 g/mol. The molecule has 0 aliphatic rings. The van der Waals surface area contributed by atoms with Crippen molar-refractivity contribution in [3.8, 4) is 0 Å². The number of anilines is 1. The summed E-state index contributed by atoms with van der Waals surface area (Å²) in [6.45, 7) is -0.465. The number of ketones is 1. The molecule has 0 spiro atoms. The first-order valence-corrected chi connectivity index (χ1v) is 9.79. The van der Waals surface area contributed by atoms with E-state index in [2.05, 4.69) is 5.32 Å². The van der Waals surface area contributed by atoms with Gasteiger partial charge >= 0.3 is 5.97 Å². The van der Waals surface area contributed by atoms with Gasteiger partial charge in [0.25, 0.3) is 5.91 Å². The van der Waals surface area contributed by atoms with Crippen LogP contribution in [-0.4, -0.2) is 24.3 Å². The van der Waals surface area contributed by atoms with Gasteiger partial charge in [-0.1, -0.05) is 34.8 Å². The number of esters is 1. The standard InChI is InChI=1S/C22H14Cl3NO4/c23-15-5-1-13(2-6-15)20(27)12-30-22(29)18-10-9-17(25)11-19(18)26-21(28)14-3-7-16(24)8-4-14/h1-11H,12H2,(H,26,28). The number of benzene rings is 3. The van der Waals surface area contributed by atoms with Crippen LogP contribution in [0.15, 0.2) is 66.7 Å². The molecular weight excluding hydrogens is 449 g/mol. The first-order valence-electron chi connectivity index (χ1n) is 8.66. The summed E-state index contributed by atoms with van der Waals surface area (Å²) in [5.74, 6) is -1.62. The van der Waals surface area contributed by atoms with Gasteiger partial charge in [-0.25, -0.2) is 4.79 Å². The molecule has 0 heterocycles. The molecule has 3 aromatic carbocycles. The van der Waals surface area contributed by atoms with E-state index in [1.54, 1.807) is 48.5 Å². The van der Waals surface area contributed by atoms with Gasteiger partial charge in [0, 0.05) is 26.2 Å². The summed E-state index contributed by atoms with van der Waals surface area (Å²) in [7, 11) is 0. The molecule has 0 aliphatic carbocycles. The second-order valence-electron chi connectivity index (χ2n) is 6.16. The van der Waals surface area contributed by atoms with Gasteiger partial charge in [-0.3, -0.25) is 9.59 Å². The van der Waals surface area contributed by atoms with Crippen molar-refractivity contribution < 1.29 is 19.1 Å². The van der Waals surface area contributed by atoms with Crippen LogP contribution in [0.5, 0.6) is 0 Å². The summed E-state index contributed by atoms with van der Waals surface area (Å²) in [6, 6.07) is 16.8. The molecule has 0 atom stereocenters. The van der Waals surface area contributed by atoms with E-state index in [1.165, 1.54) is 18.2 Å². The first kappa shape index (κ1) is 21.8. The van der Waals surface area contributed by atoms with Crippen LogP contribution in [0.1, 0.15) is 31.1 Å². The number of carbonyl (C=O) groups is 3. The van der Waals surface area contributed by atoms with Crippen LogP contribution in [-0.2, 0) is 4.74 Å². The largest absolute Gasteiger partial charge is 0.454 e. The van der Waals surface area contributed by atoms with Gasteiger partial charge in [-0.2, -0.15) is 0 Å². The first-order chi connectivity index (χ1) is 14.3. The van der Waals surface area contributed by atoms with Gasteiger partial charge in [0.2, 0.25) is 0 Å². The van der Waals surface area contributed by atoms with E-state index in [-0.39, 0.29) is 17.0 Å². The summed E-state index contributed by atoms with van der Waals surface area (Å²) < 4.78 is 5.12. The van der Waals surface area contributed by atoms with Crippen molar-refractivity contribution in [1.82, 2.24) is 0 Å². The maximum atomic E-state index is 12.5. The van der Waals surface area contributed by atoms with Crippen LogP contribution in [0.2, 0.25) is 15.1 Å². The molecule has 8 heteroatoms. The highest BCUT2D eigenvalue weighted by molar-refractivity contribution is 6.31. The van der Waals surface area contributed by atoms with Crippen LogP contribution in [0, 0.1) is 0 Å². The Hall–Kier alpha value is -2.86. The Morgan fingerprint density at radius 2 is 1.27 bits per heavy atom. The lowest BCUT2D eigenvalue weighted by Gasteiger charge is -2.12. The number of carbonyl (C=O) groups excluding carboxylic acids is 3. The van der Waals surface area contributed by atoms with Crippen LogP contribution < -0.4 is 5.32 Å². The van der Waals surface area contributed by atoms with E-state index in [9.17, 15) is 14.4 Å². The van der Waals surface area contributed by atoms with Crippen molar-refractivity contribution in [3.63, 3.8) is 0 Å². The van der Waals surface area contributed by atoms with E-state index in [0.29, 0.717) is 26.2 Å². The summed E-state index contributed by atoms with van der Waals surface area (Å²) in [5.41, 5.74) is 0.924. The van der Waals surface area contributed by atoms with Crippen molar-refractivity contribution in [1.29, 1.82) is 0 Å². The third-order valence-corrected chi connectivity index (χ3v) is 4.80. The number of Topliss-reactive ketones (excluding diaryl/α,β-unsaturated/α-hetero) is 1. The SMILES string of the molecule is O=C(COC(=O)c1ccc(Cl)cc1NC(=O)c1ccc(Cl)cc1)c1ccc(Cl)cc1. The van der Waals surface area contributed by atoms with E-state index >= 15 is 0 Å². The minimum Gasteiger partial charge on any atom is -0.454 e. The minimum absolute atomic E-state index is 0.0608. The smallest absolute Gasteiger partial charge is 0.340 e. The Kier molecular flexibility index (Phi) is 7.11. The Labute approximate surface area is 187 Å². The average Bonchev–Trinajstić information content (AvgIpc) is 2.73. The second kappa shape index (κ2) is 9.76. The number of rotatable bonds is 6. The summed E-state index contributed by atoms with van der Waals surface area (Å²) in [6.07, 6.45) is 0. The molecule has 0 unspecified atom stereocenters. The Bertz CT molecular complexity index is 1100.